The van der Waals surface area contributed by atoms with Crippen molar-refractivity contribution in [3.8, 4) is 0 Å². The number of allylic oxidation sites excluding steroid dienone is 2. The SMILES string of the molecule is COC(=O)C1(C(=O)OC)CC(Br)=C(Br)C1. The van der Waals surface area contributed by atoms with Gasteiger partial charge in [-0.05, 0) is 0 Å². The number of rotatable bonds is 2. The highest BCUT2D eigenvalue weighted by molar-refractivity contribution is 9.14. The van der Waals surface area contributed by atoms with Gasteiger partial charge in [-0.15, -0.1) is 0 Å². The first kappa shape index (κ1) is 12.7. The van der Waals surface area contributed by atoms with Gasteiger partial charge in [0, 0.05) is 21.8 Å². The summed E-state index contributed by atoms with van der Waals surface area (Å²) in [5.74, 6) is -1.14. The van der Waals surface area contributed by atoms with Crippen LogP contribution in [0.25, 0.3) is 0 Å². The van der Waals surface area contributed by atoms with Crippen molar-refractivity contribution >= 4 is 43.8 Å². The van der Waals surface area contributed by atoms with Gasteiger partial charge < -0.3 is 9.47 Å². The van der Waals surface area contributed by atoms with Crippen molar-refractivity contribution in [1.82, 2.24) is 0 Å². The molecule has 0 aromatic heterocycles. The molecule has 0 radical (unpaired) electrons. The Bertz CT molecular complexity index is 303. The van der Waals surface area contributed by atoms with Crippen molar-refractivity contribution in [3.63, 3.8) is 0 Å². The summed E-state index contributed by atoms with van der Waals surface area (Å²) in [5.41, 5.74) is -1.23. The van der Waals surface area contributed by atoms with Crippen molar-refractivity contribution in [1.29, 1.82) is 0 Å². The Balaban J connectivity index is 3.03. The largest absolute Gasteiger partial charge is 0.468 e. The number of halogens is 2. The van der Waals surface area contributed by atoms with Crippen LogP contribution in [-0.2, 0) is 19.1 Å². The molecule has 6 heteroatoms. The van der Waals surface area contributed by atoms with Gasteiger partial charge in [-0.25, -0.2) is 0 Å². The summed E-state index contributed by atoms with van der Waals surface area (Å²) in [6.07, 6.45) is 0.542. The fourth-order valence-corrected chi connectivity index (χ4v) is 2.78. The van der Waals surface area contributed by atoms with E-state index in [0.29, 0.717) is 0 Å². The molecule has 0 atom stereocenters. The zero-order valence-corrected chi connectivity index (χ0v) is 11.5. The van der Waals surface area contributed by atoms with Gasteiger partial charge in [0.25, 0.3) is 0 Å². The van der Waals surface area contributed by atoms with Crippen LogP contribution in [0.15, 0.2) is 8.96 Å². The highest BCUT2D eigenvalue weighted by atomic mass is 79.9. The van der Waals surface area contributed by atoms with E-state index < -0.39 is 17.4 Å². The predicted octanol–water partition coefficient (Wildman–Crippen LogP) is 2.11. The second-order valence-electron chi connectivity index (χ2n) is 3.23. The molecule has 84 valence electrons. The van der Waals surface area contributed by atoms with E-state index in [9.17, 15) is 9.59 Å². The van der Waals surface area contributed by atoms with Gasteiger partial charge in [0.05, 0.1) is 14.2 Å². The van der Waals surface area contributed by atoms with E-state index in [4.69, 9.17) is 0 Å². The molecule has 0 heterocycles. The van der Waals surface area contributed by atoms with Crippen LogP contribution in [-0.4, -0.2) is 26.2 Å². The lowest BCUT2D eigenvalue weighted by Gasteiger charge is -2.22. The molecule has 0 amide bonds. The molecule has 0 fully saturated rings. The minimum absolute atomic E-state index is 0.271. The zero-order chi connectivity index (χ0) is 11.6. The average molecular weight is 342 g/mol. The quantitative estimate of drug-likeness (QED) is 0.570. The summed E-state index contributed by atoms with van der Waals surface area (Å²) in [4.78, 5) is 23.3. The van der Waals surface area contributed by atoms with Crippen molar-refractivity contribution in [3.05, 3.63) is 8.96 Å². The first-order valence-corrected chi connectivity index (χ1v) is 5.76. The average Bonchev–Trinajstić information content (AvgIpc) is 2.54. The Hall–Kier alpha value is -0.360. The molecule has 0 aliphatic heterocycles. The van der Waals surface area contributed by atoms with Crippen LogP contribution in [0.3, 0.4) is 0 Å². The summed E-state index contributed by atoms with van der Waals surface area (Å²) in [7, 11) is 2.51. The highest BCUT2D eigenvalue weighted by Crippen LogP contribution is 2.48. The highest BCUT2D eigenvalue weighted by Gasteiger charge is 2.52. The molecule has 0 saturated carbocycles. The normalized spacial score (nSPS) is 18.9. The lowest BCUT2D eigenvalue weighted by molar-refractivity contribution is -0.168. The van der Waals surface area contributed by atoms with Crippen LogP contribution in [0, 0.1) is 5.41 Å². The van der Waals surface area contributed by atoms with Gasteiger partial charge in [0.1, 0.15) is 0 Å². The third-order valence-electron chi connectivity index (χ3n) is 2.36. The predicted molar refractivity (Wildman–Crippen MR) is 60.6 cm³/mol. The maximum Gasteiger partial charge on any atom is 0.323 e. The molecule has 1 aliphatic carbocycles. The monoisotopic (exact) mass is 340 g/mol. The summed E-state index contributed by atoms with van der Waals surface area (Å²) in [6.45, 7) is 0. The van der Waals surface area contributed by atoms with Gasteiger partial charge in [-0.3, -0.25) is 9.59 Å². The Labute approximate surface area is 104 Å². The molecular formula is C9H10Br2O4. The van der Waals surface area contributed by atoms with E-state index in [1.165, 1.54) is 14.2 Å². The van der Waals surface area contributed by atoms with Gasteiger partial charge in [0.15, 0.2) is 5.41 Å². The zero-order valence-electron chi connectivity index (χ0n) is 8.30. The van der Waals surface area contributed by atoms with E-state index in [1.807, 2.05) is 0 Å². The Morgan fingerprint density at radius 2 is 1.40 bits per heavy atom. The smallest absolute Gasteiger partial charge is 0.323 e. The molecule has 0 saturated heterocycles. The number of carbonyl (C=O) groups excluding carboxylic acids is 2. The fraction of sp³-hybridized carbons (Fsp3) is 0.556. The Kier molecular flexibility index (Phi) is 3.94. The van der Waals surface area contributed by atoms with Crippen molar-refractivity contribution in [2.75, 3.05) is 14.2 Å². The molecule has 0 N–H and O–H groups in total. The molecule has 0 bridgehead atoms. The van der Waals surface area contributed by atoms with Crippen LogP contribution in [0.5, 0.6) is 0 Å². The molecule has 0 aromatic carbocycles. The van der Waals surface area contributed by atoms with Crippen molar-refractivity contribution < 1.29 is 19.1 Å². The summed E-state index contributed by atoms with van der Waals surface area (Å²) in [6, 6.07) is 0. The van der Waals surface area contributed by atoms with E-state index in [2.05, 4.69) is 41.3 Å². The first-order chi connectivity index (χ1) is 6.97. The standard InChI is InChI=1S/C9H10Br2O4/c1-14-7(12)9(8(13)15-2)3-5(10)6(11)4-9/h3-4H2,1-2H3. The Morgan fingerprint density at radius 1 is 1.07 bits per heavy atom. The van der Waals surface area contributed by atoms with Crippen LogP contribution in [0.1, 0.15) is 12.8 Å². The number of esters is 2. The minimum atomic E-state index is -1.23. The summed E-state index contributed by atoms with van der Waals surface area (Å²) >= 11 is 6.58. The van der Waals surface area contributed by atoms with Crippen LogP contribution in [0.4, 0.5) is 0 Å². The third-order valence-corrected chi connectivity index (χ3v) is 4.41. The first-order valence-electron chi connectivity index (χ1n) is 4.18. The molecule has 4 nitrogen and oxygen atoms in total. The molecule has 15 heavy (non-hydrogen) atoms. The maximum absolute atomic E-state index is 11.6. The molecule has 0 spiro atoms. The van der Waals surface area contributed by atoms with E-state index in [0.717, 1.165) is 8.96 Å². The van der Waals surface area contributed by atoms with Gasteiger partial charge in [0.2, 0.25) is 0 Å². The topological polar surface area (TPSA) is 52.6 Å². The van der Waals surface area contributed by atoms with Crippen LogP contribution >= 0.6 is 31.9 Å². The second kappa shape index (κ2) is 4.65. The van der Waals surface area contributed by atoms with E-state index in [-0.39, 0.29) is 12.8 Å². The molecule has 0 aromatic rings. The van der Waals surface area contributed by atoms with E-state index in [1.54, 1.807) is 0 Å². The van der Waals surface area contributed by atoms with E-state index >= 15 is 0 Å². The van der Waals surface area contributed by atoms with Gasteiger partial charge in [-0.1, -0.05) is 31.9 Å². The number of methoxy groups -OCH3 is 2. The molecule has 1 aliphatic rings. The second-order valence-corrected chi connectivity index (χ2v) is 5.14. The molecule has 1 rings (SSSR count). The number of ether oxygens (including phenoxy) is 2. The lowest BCUT2D eigenvalue weighted by Crippen LogP contribution is -2.39. The number of carbonyl (C=O) groups is 2. The third kappa shape index (κ3) is 2.10. The fourth-order valence-electron chi connectivity index (χ4n) is 1.55. The summed E-state index contributed by atoms with van der Waals surface area (Å²) in [5, 5.41) is 0. The minimum Gasteiger partial charge on any atom is -0.468 e. The van der Waals surface area contributed by atoms with Crippen molar-refractivity contribution in [2.45, 2.75) is 12.8 Å². The van der Waals surface area contributed by atoms with Crippen molar-refractivity contribution in [2.24, 2.45) is 5.41 Å². The lowest BCUT2D eigenvalue weighted by atomic mass is 9.85. The number of hydrogen-bond acceptors (Lipinski definition) is 4. The van der Waals surface area contributed by atoms with Crippen LogP contribution < -0.4 is 0 Å². The van der Waals surface area contributed by atoms with Gasteiger partial charge in [-0.2, -0.15) is 0 Å². The van der Waals surface area contributed by atoms with Crippen LogP contribution in [0.2, 0.25) is 0 Å². The number of hydrogen-bond donors (Lipinski definition) is 0. The summed E-state index contributed by atoms with van der Waals surface area (Å²) < 4.78 is 10.9. The molecule has 0 unspecified atom stereocenters. The Morgan fingerprint density at radius 3 is 1.67 bits per heavy atom. The maximum atomic E-state index is 11.6. The van der Waals surface area contributed by atoms with Gasteiger partial charge >= 0.3 is 11.9 Å². The molecular weight excluding hydrogens is 332 g/mol.